The lowest BCUT2D eigenvalue weighted by Crippen LogP contribution is -2.39. The summed E-state index contributed by atoms with van der Waals surface area (Å²) in [6.07, 6.45) is 0.799. The van der Waals surface area contributed by atoms with Gasteiger partial charge in [0.15, 0.2) is 0 Å². The summed E-state index contributed by atoms with van der Waals surface area (Å²) in [7, 11) is 1.63. The zero-order valence-electron chi connectivity index (χ0n) is 10.8. The third-order valence-corrected chi connectivity index (χ3v) is 3.44. The van der Waals surface area contributed by atoms with E-state index in [0.29, 0.717) is 13.0 Å². The molecule has 4 nitrogen and oxygen atoms in total. The first-order chi connectivity index (χ1) is 8.61. The number of nitrogens with zero attached hydrogens (tertiary/aromatic N) is 1. The third kappa shape index (κ3) is 2.64. The van der Waals surface area contributed by atoms with Gasteiger partial charge in [0.2, 0.25) is 5.91 Å². The Labute approximate surface area is 107 Å². The largest absolute Gasteiger partial charge is 0.497 e. The summed E-state index contributed by atoms with van der Waals surface area (Å²) in [5.74, 6) is 0.926. The molecule has 2 atom stereocenters. The molecule has 1 aromatic rings. The smallest absolute Gasteiger partial charge is 0.223 e. The molecule has 4 heteroatoms. The van der Waals surface area contributed by atoms with E-state index in [-0.39, 0.29) is 11.9 Å². The number of aliphatic hydroxyl groups excluding tert-OH is 1. The Morgan fingerprint density at radius 3 is 2.67 bits per heavy atom. The van der Waals surface area contributed by atoms with Gasteiger partial charge < -0.3 is 14.7 Å². The Balaban J connectivity index is 2.08. The highest BCUT2D eigenvalue weighted by Crippen LogP contribution is 2.24. The molecule has 1 aliphatic heterocycles. The zero-order chi connectivity index (χ0) is 13.1. The number of amides is 1. The zero-order valence-corrected chi connectivity index (χ0v) is 10.8. The van der Waals surface area contributed by atoms with Gasteiger partial charge in [-0.25, -0.2) is 0 Å². The van der Waals surface area contributed by atoms with Crippen LogP contribution in [0.5, 0.6) is 5.75 Å². The summed E-state index contributed by atoms with van der Waals surface area (Å²) >= 11 is 0. The highest BCUT2D eigenvalue weighted by atomic mass is 16.5. The van der Waals surface area contributed by atoms with Gasteiger partial charge in [0.05, 0.1) is 19.3 Å². The summed E-state index contributed by atoms with van der Waals surface area (Å²) in [5, 5.41) is 9.69. The number of likely N-dealkylation sites (tertiary alicyclic amines) is 1. The van der Waals surface area contributed by atoms with Crippen LogP contribution in [0.2, 0.25) is 0 Å². The van der Waals surface area contributed by atoms with Crippen molar-refractivity contribution in [3.63, 3.8) is 0 Å². The molecule has 1 N–H and O–H groups in total. The van der Waals surface area contributed by atoms with Crippen molar-refractivity contribution in [3.05, 3.63) is 29.8 Å². The maximum atomic E-state index is 11.8. The van der Waals surface area contributed by atoms with E-state index >= 15 is 0 Å². The number of hydrogen-bond acceptors (Lipinski definition) is 3. The van der Waals surface area contributed by atoms with E-state index in [2.05, 4.69) is 0 Å². The van der Waals surface area contributed by atoms with Gasteiger partial charge in [0.1, 0.15) is 5.75 Å². The number of rotatable bonds is 4. The van der Waals surface area contributed by atoms with Crippen LogP contribution >= 0.6 is 0 Å². The molecular weight excluding hydrogens is 230 g/mol. The maximum Gasteiger partial charge on any atom is 0.223 e. The van der Waals surface area contributed by atoms with Gasteiger partial charge in [-0.05, 0) is 31.0 Å². The van der Waals surface area contributed by atoms with E-state index in [1.54, 1.807) is 18.9 Å². The molecule has 1 fully saturated rings. The average Bonchev–Trinajstić information content (AvgIpc) is 2.72. The summed E-state index contributed by atoms with van der Waals surface area (Å²) < 4.78 is 5.10. The number of ether oxygens (including phenoxy) is 1. The second-order valence-electron chi connectivity index (χ2n) is 4.72. The van der Waals surface area contributed by atoms with Gasteiger partial charge in [-0.15, -0.1) is 0 Å². The molecule has 98 valence electrons. The Morgan fingerprint density at radius 2 is 2.11 bits per heavy atom. The minimum Gasteiger partial charge on any atom is -0.497 e. The number of methoxy groups -OCH3 is 1. The van der Waals surface area contributed by atoms with Crippen molar-refractivity contribution in [2.75, 3.05) is 7.11 Å². The Kier molecular flexibility index (Phi) is 3.87. The lowest BCUT2D eigenvalue weighted by Gasteiger charge is -2.27. The van der Waals surface area contributed by atoms with Crippen molar-refractivity contribution in [1.29, 1.82) is 0 Å². The Morgan fingerprint density at radius 1 is 1.44 bits per heavy atom. The van der Waals surface area contributed by atoms with Gasteiger partial charge in [0, 0.05) is 13.0 Å². The lowest BCUT2D eigenvalue weighted by atomic mass is 10.1. The molecule has 1 aliphatic rings. The van der Waals surface area contributed by atoms with E-state index in [0.717, 1.165) is 17.7 Å². The minimum absolute atomic E-state index is 0.0559. The molecule has 0 aromatic heterocycles. The number of carbonyl (C=O) groups is 1. The molecule has 1 amide bonds. The first-order valence-corrected chi connectivity index (χ1v) is 6.22. The van der Waals surface area contributed by atoms with E-state index in [1.807, 2.05) is 24.3 Å². The number of hydrogen-bond donors (Lipinski definition) is 1. The second-order valence-corrected chi connectivity index (χ2v) is 4.72. The van der Waals surface area contributed by atoms with Crippen molar-refractivity contribution in [3.8, 4) is 5.75 Å². The van der Waals surface area contributed by atoms with Crippen molar-refractivity contribution >= 4 is 5.91 Å². The van der Waals surface area contributed by atoms with Gasteiger partial charge >= 0.3 is 0 Å². The SMILES string of the molecule is COc1ccc(CN2C(=O)CC[C@H]2[C@@H](C)O)cc1. The Hall–Kier alpha value is -1.55. The van der Waals surface area contributed by atoms with Crippen molar-refractivity contribution in [2.24, 2.45) is 0 Å². The Bertz CT molecular complexity index is 414. The third-order valence-electron chi connectivity index (χ3n) is 3.44. The second kappa shape index (κ2) is 5.40. The molecule has 2 rings (SSSR count). The maximum absolute atomic E-state index is 11.8. The minimum atomic E-state index is -0.477. The standard InChI is InChI=1S/C14H19NO3/c1-10(16)13-7-8-14(17)15(13)9-11-3-5-12(18-2)6-4-11/h3-6,10,13,16H,7-9H2,1-2H3/t10-,13+/m1/s1. The fourth-order valence-electron chi connectivity index (χ4n) is 2.39. The number of carbonyl (C=O) groups excluding carboxylic acids is 1. The summed E-state index contributed by atoms with van der Waals surface area (Å²) in [6.45, 7) is 2.29. The van der Waals surface area contributed by atoms with Gasteiger partial charge in [-0.2, -0.15) is 0 Å². The van der Waals surface area contributed by atoms with E-state index in [1.165, 1.54) is 0 Å². The summed E-state index contributed by atoms with van der Waals surface area (Å²) in [5.41, 5.74) is 1.05. The molecule has 0 unspecified atom stereocenters. The van der Waals surface area contributed by atoms with Crippen LogP contribution in [0.1, 0.15) is 25.3 Å². The predicted octanol–water partition coefficient (Wildman–Crippen LogP) is 1.57. The quantitative estimate of drug-likeness (QED) is 0.881. The normalized spacial score (nSPS) is 21.2. The lowest BCUT2D eigenvalue weighted by molar-refractivity contribution is -0.130. The molecule has 0 spiro atoms. The number of aliphatic hydroxyl groups is 1. The number of benzene rings is 1. The van der Waals surface area contributed by atoms with Crippen LogP contribution in [0.15, 0.2) is 24.3 Å². The molecule has 0 saturated carbocycles. The first-order valence-electron chi connectivity index (χ1n) is 6.22. The van der Waals surface area contributed by atoms with Crippen LogP contribution in [0.25, 0.3) is 0 Å². The van der Waals surface area contributed by atoms with Crippen LogP contribution in [0, 0.1) is 0 Å². The predicted molar refractivity (Wildman–Crippen MR) is 68.2 cm³/mol. The van der Waals surface area contributed by atoms with Crippen LogP contribution in [0.3, 0.4) is 0 Å². The molecule has 18 heavy (non-hydrogen) atoms. The van der Waals surface area contributed by atoms with E-state index in [4.69, 9.17) is 4.74 Å². The topological polar surface area (TPSA) is 49.8 Å². The highest BCUT2D eigenvalue weighted by molar-refractivity contribution is 5.78. The van der Waals surface area contributed by atoms with E-state index in [9.17, 15) is 9.90 Å². The van der Waals surface area contributed by atoms with Gasteiger partial charge in [0.25, 0.3) is 0 Å². The van der Waals surface area contributed by atoms with Crippen LogP contribution in [-0.2, 0) is 11.3 Å². The fraction of sp³-hybridized carbons (Fsp3) is 0.500. The molecule has 1 saturated heterocycles. The summed E-state index contributed by atoms with van der Waals surface area (Å²) in [6, 6.07) is 7.60. The monoisotopic (exact) mass is 249 g/mol. The highest BCUT2D eigenvalue weighted by Gasteiger charge is 2.33. The van der Waals surface area contributed by atoms with Gasteiger partial charge in [-0.3, -0.25) is 4.79 Å². The van der Waals surface area contributed by atoms with E-state index < -0.39 is 6.10 Å². The molecule has 0 aliphatic carbocycles. The average molecular weight is 249 g/mol. The van der Waals surface area contributed by atoms with Crippen LogP contribution < -0.4 is 4.74 Å². The fourth-order valence-corrected chi connectivity index (χ4v) is 2.39. The molecule has 1 aromatic carbocycles. The van der Waals surface area contributed by atoms with Gasteiger partial charge in [-0.1, -0.05) is 12.1 Å². The van der Waals surface area contributed by atoms with Crippen molar-refractivity contribution in [1.82, 2.24) is 4.90 Å². The molecule has 1 heterocycles. The summed E-state index contributed by atoms with van der Waals surface area (Å²) in [4.78, 5) is 13.6. The van der Waals surface area contributed by atoms with Crippen molar-refractivity contribution in [2.45, 2.75) is 38.5 Å². The van der Waals surface area contributed by atoms with Crippen LogP contribution in [0.4, 0.5) is 0 Å². The molecular formula is C14H19NO3. The molecule has 0 bridgehead atoms. The first kappa shape index (κ1) is 12.9. The van der Waals surface area contributed by atoms with Crippen molar-refractivity contribution < 1.29 is 14.6 Å². The van der Waals surface area contributed by atoms with Crippen LogP contribution in [-0.4, -0.2) is 35.2 Å². The molecule has 0 radical (unpaired) electrons.